The van der Waals surface area contributed by atoms with Crippen LogP contribution in [-0.2, 0) is 0 Å². The molecule has 1 aromatic rings. The Morgan fingerprint density at radius 2 is 2.22 bits per heavy atom. The number of allylic oxidation sites excluding steroid dienone is 1. The first-order valence-corrected chi connectivity index (χ1v) is 6.45. The molecule has 1 unspecified atom stereocenters. The molecule has 0 fully saturated rings. The second-order valence-corrected chi connectivity index (χ2v) is 4.24. The third-order valence-corrected chi connectivity index (χ3v) is 2.72. The molecule has 1 aromatic carbocycles. The van der Waals surface area contributed by atoms with Crippen molar-refractivity contribution >= 4 is 0 Å². The lowest BCUT2D eigenvalue weighted by Gasteiger charge is -2.15. The van der Waals surface area contributed by atoms with Crippen LogP contribution < -0.4 is 10.1 Å². The zero-order valence-corrected chi connectivity index (χ0v) is 11.4. The largest absolute Gasteiger partial charge is 0.489 e. The molecule has 3 heteroatoms. The highest BCUT2D eigenvalue weighted by atomic mass is 19.1. The number of ether oxygens (including phenoxy) is 1. The van der Waals surface area contributed by atoms with Gasteiger partial charge in [-0.2, -0.15) is 0 Å². The fourth-order valence-corrected chi connectivity index (χ4v) is 1.66. The molecule has 0 heterocycles. The number of rotatable bonds is 7. The van der Waals surface area contributed by atoms with Gasteiger partial charge in [0.05, 0.1) is 0 Å². The summed E-state index contributed by atoms with van der Waals surface area (Å²) in [5, 5.41) is 3.27. The van der Waals surface area contributed by atoms with Crippen molar-refractivity contribution in [3.63, 3.8) is 0 Å². The van der Waals surface area contributed by atoms with Gasteiger partial charge in [0.25, 0.3) is 0 Å². The van der Waals surface area contributed by atoms with E-state index >= 15 is 0 Å². The molecule has 0 aromatic heterocycles. The Bertz CT molecular complexity index is 390. The van der Waals surface area contributed by atoms with Crippen LogP contribution >= 0.6 is 0 Å². The quantitative estimate of drug-likeness (QED) is 0.743. The number of nitrogens with one attached hydrogen (secondary N) is 1. The smallest absolute Gasteiger partial charge is 0.131 e. The Hall–Kier alpha value is -1.35. The molecule has 0 bridgehead atoms. The fourth-order valence-electron chi connectivity index (χ4n) is 1.66. The summed E-state index contributed by atoms with van der Waals surface area (Å²) in [6.45, 7) is 7.34. The van der Waals surface area contributed by atoms with Crippen molar-refractivity contribution in [1.29, 1.82) is 0 Å². The van der Waals surface area contributed by atoms with Crippen LogP contribution in [0.15, 0.2) is 30.4 Å². The molecular formula is C15H22FNO. The Kier molecular flexibility index (Phi) is 6.44. The van der Waals surface area contributed by atoms with E-state index in [1.54, 1.807) is 6.07 Å². The van der Waals surface area contributed by atoms with Crippen LogP contribution in [0.3, 0.4) is 0 Å². The maximum Gasteiger partial charge on any atom is 0.131 e. The van der Waals surface area contributed by atoms with Crippen molar-refractivity contribution in [3.8, 4) is 5.75 Å². The van der Waals surface area contributed by atoms with E-state index in [1.165, 1.54) is 6.07 Å². The number of hydrogen-bond donors (Lipinski definition) is 1. The molecule has 18 heavy (non-hydrogen) atoms. The Balaban J connectivity index is 2.66. The summed E-state index contributed by atoms with van der Waals surface area (Å²) in [7, 11) is 0. The van der Waals surface area contributed by atoms with Crippen molar-refractivity contribution in [2.75, 3.05) is 13.2 Å². The molecule has 1 atom stereocenters. The van der Waals surface area contributed by atoms with Gasteiger partial charge >= 0.3 is 0 Å². The van der Waals surface area contributed by atoms with Crippen molar-refractivity contribution in [3.05, 3.63) is 41.7 Å². The van der Waals surface area contributed by atoms with E-state index in [9.17, 15) is 4.39 Å². The van der Waals surface area contributed by atoms with Crippen molar-refractivity contribution < 1.29 is 9.13 Å². The highest BCUT2D eigenvalue weighted by Crippen LogP contribution is 2.21. The average Bonchev–Trinajstić information content (AvgIpc) is 2.36. The van der Waals surface area contributed by atoms with E-state index in [4.69, 9.17) is 4.74 Å². The average molecular weight is 251 g/mol. The molecule has 0 spiro atoms. The summed E-state index contributed by atoms with van der Waals surface area (Å²) in [4.78, 5) is 0. The van der Waals surface area contributed by atoms with Gasteiger partial charge < -0.3 is 10.1 Å². The highest BCUT2D eigenvalue weighted by molar-refractivity contribution is 5.30. The first-order valence-electron chi connectivity index (χ1n) is 6.45. The minimum absolute atomic E-state index is 0.0227. The Labute approximate surface area is 109 Å². The highest BCUT2D eigenvalue weighted by Gasteiger charge is 2.10. The molecule has 1 rings (SSSR count). The lowest BCUT2D eigenvalue weighted by atomic mass is 10.1. The molecule has 0 radical (unpaired) electrons. The summed E-state index contributed by atoms with van der Waals surface area (Å²) >= 11 is 0. The zero-order chi connectivity index (χ0) is 13.4. The van der Waals surface area contributed by atoms with Crippen LogP contribution in [0.25, 0.3) is 0 Å². The van der Waals surface area contributed by atoms with Crippen molar-refractivity contribution in [2.45, 2.75) is 33.2 Å². The first kappa shape index (κ1) is 14.7. The summed E-state index contributed by atoms with van der Waals surface area (Å²) in [6.07, 6.45) is 4.83. The van der Waals surface area contributed by atoms with Crippen LogP contribution in [0.5, 0.6) is 5.75 Å². The third-order valence-electron chi connectivity index (χ3n) is 2.72. The van der Waals surface area contributed by atoms with Gasteiger partial charge in [-0.05, 0) is 32.9 Å². The second-order valence-electron chi connectivity index (χ2n) is 4.24. The normalized spacial score (nSPS) is 12.9. The van der Waals surface area contributed by atoms with Gasteiger partial charge in [0.2, 0.25) is 0 Å². The van der Waals surface area contributed by atoms with Gasteiger partial charge in [0.15, 0.2) is 0 Å². The predicted octanol–water partition coefficient (Wildman–Crippen LogP) is 3.84. The maximum absolute atomic E-state index is 13.9. The molecule has 0 amide bonds. The predicted molar refractivity (Wildman–Crippen MR) is 73.4 cm³/mol. The molecule has 2 nitrogen and oxygen atoms in total. The number of halogens is 1. The topological polar surface area (TPSA) is 21.3 Å². The summed E-state index contributed by atoms with van der Waals surface area (Å²) in [5.74, 6) is 0.348. The molecule has 0 aliphatic heterocycles. The van der Waals surface area contributed by atoms with Gasteiger partial charge in [0, 0.05) is 17.7 Å². The van der Waals surface area contributed by atoms with Gasteiger partial charge in [-0.1, -0.05) is 25.1 Å². The summed E-state index contributed by atoms with van der Waals surface area (Å²) in [6, 6.07) is 5.07. The van der Waals surface area contributed by atoms with Crippen LogP contribution in [0, 0.1) is 5.82 Å². The van der Waals surface area contributed by atoms with Crippen LogP contribution in [-0.4, -0.2) is 13.2 Å². The molecule has 0 aliphatic carbocycles. The Morgan fingerprint density at radius 3 is 2.83 bits per heavy atom. The molecule has 0 saturated carbocycles. The maximum atomic E-state index is 13.9. The minimum Gasteiger partial charge on any atom is -0.489 e. The minimum atomic E-state index is -0.218. The Morgan fingerprint density at radius 1 is 1.44 bits per heavy atom. The van der Waals surface area contributed by atoms with E-state index in [2.05, 4.69) is 12.2 Å². The third kappa shape index (κ3) is 4.49. The summed E-state index contributed by atoms with van der Waals surface area (Å²) in [5.41, 5.74) is 0.682. The lowest BCUT2D eigenvalue weighted by Crippen LogP contribution is -2.20. The monoisotopic (exact) mass is 251 g/mol. The van der Waals surface area contributed by atoms with E-state index in [1.807, 2.05) is 32.1 Å². The van der Waals surface area contributed by atoms with Gasteiger partial charge in [0.1, 0.15) is 18.2 Å². The zero-order valence-electron chi connectivity index (χ0n) is 11.4. The van der Waals surface area contributed by atoms with Crippen molar-refractivity contribution in [2.24, 2.45) is 0 Å². The number of hydrogen-bond acceptors (Lipinski definition) is 2. The molecule has 1 N–H and O–H groups in total. The molecule has 100 valence electrons. The number of benzene rings is 1. The van der Waals surface area contributed by atoms with E-state index in [-0.39, 0.29) is 11.9 Å². The molecule has 0 aliphatic rings. The van der Waals surface area contributed by atoms with Gasteiger partial charge in [-0.3, -0.25) is 0 Å². The molecular weight excluding hydrogens is 229 g/mol. The van der Waals surface area contributed by atoms with Crippen molar-refractivity contribution in [1.82, 2.24) is 5.32 Å². The van der Waals surface area contributed by atoms with Crippen LogP contribution in [0.4, 0.5) is 4.39 Å². The van der Waals surface area contributed by atoms with E-state index in [0.717, 1.165) is 13.0 Å². The van der Waals surface area contributed by atoms with Crippen LogP contribution in [0.2, 0.25) is 0 Å². The van der Waals surface area contributed by atoms with Gasteiger partial charge in [-0.15, -0.1) is 0 Å². The first-order chi connectivity index (χ1) is 8.69. The van der Waals surface area contributed by atoms with E-state index < -0.39 is 0 Å². The lowest BCUT2D eigenvalue weighted by molar-refractivity contribution is 0.359. The van der Waals surface area contributed by atoms with Gasteiger partial charge in [-0.25, -0.2) is 4.39 Å². The van der Waals surface area contributed by atoms with Crippen LogP contribution in [0.1, 0.15) is 38.8 Å². The molecule has 0 saturated heterocycles. The standard InChI is InChI=1S/C15H22FNO/c1-4-6-10-18-13-7-8-14(15(16)11-13)12(3)17-9-5-2/h4,6-8,11-12,17H,5,9-10H2,1-3H3/b6-4+. The van der Waals surface area contributed by atoms with E-state index in [0.29, 0.717) is 17.9 Å². The second kappa shape index (κ2) is 7.88. The summed E-state index contributed by atoms with van der Waals surface area (Å²) < 4.78 is 19.3. The fraction of sp³-hybridized carbons (Fsp3) is 0.467. The SMILES string of the molecule is C/C=C/COc1ccc(C(C)NCCC)c(F)c1.